The number of hydrogen-bond donors (Lipinski definition) is 1. The van der Waals surface area contributed by atoms with Crippen molar-refractivity contribution in [3.8, 4) is 11.5 Å². The Bertz CT molecular complexity index is 1070. The van der Waals surface area contributed by atoms with Crippen LogP contribution in [0.4, 0.5) is 0 Å². The molecule has 2 aliphatic rings. The zero-order chi connectivity index (χ0) is 23.4. The largest absolute Gasteiger partial charge is 0.490 e. The van der Waals surface area contributed by atoms with Crippen molar-refractivity contribution < 1.29 is 22.7 Å². The van der Waals surface area contributed by atoms with Crippen molar-refractivity contribution in [3.05, 3.63) is 54.1 Å². The summed E-state index contributed by atoms with van der Waals surface area (Å²) < 4.78 is 39.1. The highest BCUT2D eigenvalue weighted by Crippen LogP contribution is 2.33. The fourth-order valence-electron chi connectivity index (χ4n) is 4.11. The second-order valence-corrected chi connectivity index (χ2v) is 10.4. The van der Waals surface area contributed by atoms with E-state index < -0.39 is 10.0 Å². The monoisotopic (exact) mass is 473 g/mol. The van der Waals surface area contributed by atoms with Gasteiger partial charge in [-0.3, -0.25) is 9.69 Å². The molecule has 1 N–H and O–H groups in total. The van der Waals surface area contributed by atoms with E-state index >= 15 is 0 Å². The van der Waals surface area contributed by atoms with Crippen LogP contribution < -0.4 is 14.8 Å². The molecule has 1 saturated heterocycles. The lowest BCUT2D eigenvalue weighted by molar-refractivity contribution is -0.127. The van der Waals surface area contributed by atoms with Crippen LogP contribution in [0.2, 0.25) is 0 Å². The number of nitrogens with one attached hydrogen (secondary N) is 1. The lowest BCUT2D eigenvalue weighted by Gasteiger charge is -2.37. The van der Waals surface area contributed by atoms with Gasteiger partial charge in [-0.1, -0.05) is 30.3 Å². The fourth-order valence-corrected chi connectivity index (χ4v) is 5.55. The molecule has 2 atom stereocenters. The molecule has 0 aromatic heterocycles. The number of nitrogens with zero attached hydrogens (tertiary/aromatic N) is 2. The summed E-state index contributed by atoms with van der Waals surface area (Å²) in [4.78, 5) is 15.0. The lowest BCUT2D eigenvalue weighted by atomic mass is 10.1. The average molecular weight is 474 g/mol. The van der Waals surface area contributed by atoms with Gasteiger partial charge in [-0.25, -0.2) is 8.42 Å². The minimum absolute atomic E-state index is 0.0643. The van der Waals surface area contributed by atoms with Crippen LogP contribution in [-0.4, -0.2) is 69.0 Å². The zero-order valence-corrected chi connectivity index (χ0v) is 19.9. The summed E-state index contributed by atoms with van der Waals surface area (Å²) in [6.45, 7) is 6.48. The molecule has 0 unspecified atom stereocenters. The molecular weight excluding hydrogens is 442 g/mol. The molecule has 0 bridgehead atoms. The molecule has 0 saturated carbocycles. The molecule has 9 heteroatoms. The third-order valence-electron chi connectivity index (χ3n) is 6.22. The van der Waals surface area contributed by atoms with Crippen LogP contribution >= 0.6 is 0 Å². The number of carbonyl (C=O) groups is 1. The standard InChI is InChI=1S/C24H31N3O5S/c1-18(20-7-4-3-5-8-20)25-24(28)19(2)26-11-13-27(14-12-26)33(29,30)21-9-10-22-23(17-21)32-16-6-15-31-22/h3-5,7-10,17-19H,6,11-16H2,1-2H3,(H,25,28)/t18-,19-/m1/s1. The molecule has 2 aromatic rings. The summed E-state index contributed by atoms with van der Waals surface area (Å²) in [6.07, 6.45) is 0.759. The van der Waals surface area contributed by atoms with Gasteiger partial charge >= 0.3 is 0 Å². The molecule has 4 rings (SSSR count). The first kappa shape index (κ1) is 23.5. The second-order valence-electron chi connectivity index (χ2n) is 8.42. The Morgan fingerprint density at radius 1 is 0.939 bits per heavy atom. The molecule has 2 aliphatic heterocycles. The molecule has 2 heterocycles. The Morgan fingerprint density at radius 3 is 2.30 bits per heavy atom. The lowest BCUT2D eigenvalue weighted by Crippen LogP contribution is -2.55. The van der Waals surface area contributed by atoms with E-state index in [-0.39, 0.29) is 22.9 Å². The number of sulfonamides is 1. The van der Waals surface area contributed by atoms with Gasteiger partial charge in [-0.2, -0.15) is 4.31 Å². The minimum atomic E-state index is -3.66. The zero-order valence-electron chi connectivity index (χ0n) is 19.1. The first-order valence-corrected chi connectivity index (χ1v) is 12.8. The summed E-state index contributed by atoms with van der Waals surface area (Å²) >= 11 is 0. The number of benzene rings is 2. The normalized spacial score (nSPS) is 19.3. The number of fused-ring (bicyclic) bond motifs is 1. The van der Waals surface area contributed by atoms with Gasteiger partial charge in [0.15, 0.2) is 11.5 Å². The Hall–Kier alpha value is -2.62. The molecule has 1 fully saturated rings. The van der Waals surface area contributed by atoms with Gasteiger partial charge in [0.1, 0.15) is 0 Å². The number of rotatable bonds is 6. The summed E-state index contributed by atoms with van der Waals surface area (Å²) in [5, 5.41) is 3.06. The molecule has 1 amide bonds. The van der Waals surface area contributed by atoms with Crippen molar-refractivity contribution >= 4 is 15.9 Å². The van der Waals surface area contributed by atoms with Crippen LogP contribution in [0.25, 0.3) is 0 Å². The predicted molar refractivity (Wildman–Crippen MR) is 125 cm³/mol. The Morgan fingerprint density at radius 2 is 1.61 bits per heavy atom. The third-order valence-corrected chi connectivity index (χ3v) is 8.11. The molecule has 178 valence electrons. The molecule has 0 spiro atoms. The van der Waals surface area contributed by atoms with Crippen molar-refractivity contribution in [2.24, 2.45) is 0 Å². The molecule has 0 radical (unpaired) electrons. The molecular formula is C24H31N3O5S. The molecule has 8 nitrogen and oxygen atoms in total. The van der Waals surface area contributed by atoms with Gasteiger partial charge in [-0.15, -0.1) is 0 Å². The van der Waals surface area contributed by atoms with Crippen LogP contribution in [0.15, 0.2) is 53.4 Å². The van der Waals surface area contributed by atoms with E-state index in [1.54, 1.807) is 18.2 Å². The number of hydrogen-bond acceptors (Lipinski definition) is 6. The van der Waals surface area contributed by atoms with Crippen LogP contribution in [0.1, 0.15) is 31.9 Å². The Balaban J connectivity index is 1.36. The van der Waals surface area contributed by atoms with Crippen molar-refractivity contribution in [1.82, 2.24) is 14.5 Å². The maximum atomic E-state index is 13.2. The van der Waals surface area contributed by atoms with Crippen molar-refractivity contribution in [2.45, 2.75) is 37.2 Å². The topological polar surface area (TPSA) is 88.2 Å². The highest BCUT2D eigenvalue weighted by Gasteiger charge is 2.32. The maximum absolute atomic E-state index is 13.2. The quantitative estimate of drug-likeness (QED) is 0.693. The second kappa shape index (κ2) is 10.1. The number of piperazine rings is 1. The summed E-state index contributed by atoms with van der Waals surface area (Å²) in [5.74, 6) is 0.969. The SMILES string of the molecule is C[C@H](C(=O)N[C@H](C)c1ccccc1)N1CCN(S(=O)(=O)c2ccc3c(c2)OCCCO3)CC1. The van der Waals surface area contributed by atoms with E-state index in [0.717, 1.165) is 12.0 Å². The Labute approximate surface area is 195 Å². The van der Waals surface area contributed by atoms with E-state index in [4.69, 9.17) is 9.47 Å². The fraction of sp³-hybridized carbons (Fsp3) is 0.458. The van der Waals surface area contributed by atoms with Gasteiger partial charge in [0.05, 0.1) is 30.2 Å². The van der Waals surface area contributed by atoms with Gasteiger partial charge in [0, 0.05) is 38.7 Å². The van der Waals surface area contributed by atoms with Crippen molar-refractivity contribution in [3.63, 3.8) is 0 Å². The summed E-state index contributed by atoms with van der Waals surface area (Å²) in [5.41, 5.74) is 1.05. The summed E-state index contributed by atoms with van der Waals surface area (Å²) in [7, 11) is -3.66. The number of ether oxygens (including phenoxy) is 2. The molecule has 33 heavy (non-hydrogen) atoms. The van der Waals surface area contributed by atoms with E-state index in [0.29, 0.717) is 50.9 Å². The Kier molecular flexibility index (Phi) is 7.21. The van der Waals surface area contributed by atoms with Crippen LogP contribution in [0.5, 0.6) is 11.5 Å². The van der Waals surface area contributed by atoms with Crippen LogP contribution in [-0.2, 0) is 14.8 Å². The number of amides is 1. The van der Waals surface area contributed by atoms with E-state index in [2.05, 4.69) is 5.32 Å². The van der Waals surface area contributed by atoms with Crippen molar-refractivity contribution in [2.75, 3.05) is 39.4 Å². The van der Waals surface area contributed by atoms with Crippen LogP contribution in [0, 0.1) is 0 Å². The van der Waals surface area contributed by atoms with Gasteiger partial charge < -0.3 is 14.8 Å². The van der Waals surface area contributed by atoms with E-state index in [9.17, 15) is 13.2 Å². The van der Waals surface area contributed by atoms with E-state index in [1.807, 2.05) is 49.1 Å². The van der Waals surface area contributed by atoms with Gasteiger partial charge in [0.25, 0.3) is 0 Å². The highest BCUT2D eigenvalue weighted by atomic mass is 32.2. The third kappa shape index (κ3) is 5.31. The predicted octanol–water partition coefficient (Wildman–Crippen LogP) is 2.42. The van der Waals surface area contributed by atoms with Gasteiger partial charge in [-0.05, 0) is 31.5 Å². The van der Waals surface area contributed by atoms with Crippen LogP contribution in [0.3, 0.4) is 0 Å². The minimum Gasteiger partial charge on any atom is -0.490 e. The molecule has 0 aliphatic carbocycles. The van der Waals surface area contributed by atoms with Crippen molar-refractivity contribution in [1.29, 1.82) is 0 Å². The highest BCUT2D eigenvalue weighted by molar-refractivity contribution is 7.89. The van der Waals surface area contributed by atoms with Gasteiger partial charge in [0.2, 0.25) is 15.9 Å². The first-order chi connectivity index (χ1) is 15.9. The smallest absolute Gasteiger partial charge is 0.243 e. The number of carbonyl (C=O) groups excluding carboxylic acids is 1. The first-order valence-electron chi connectivity index (χ1n) is 11.4. The summed E-state index contributed by atoms with van der Waals surface area (Å²) in [6, 6.07) is 14.1. The van der Waals surface area contributed by atoms with E-state index in [1.165, 1.54) is 4.31 Å². The average Bonchev–Trinajstić information content (AvgIpc) is 3.09. The maximum Gasteiger partial charge on any atom is 0.243 e. The molecule has 2 aromatic carbocycles.